The molecule has 0 aromatic heterocycles. The van der Waals surface area contributed by atoms with Crippen molar-refractivity contribution in [2.24, 2.45) is 17.4 Å². The van der Waals surface area contributed by atoms with E-state index in [2.05, 4.69) is 16.0 Å². The third kappa shape index (κ3) is 11.4. The molecule has 0 saturated heterocycles. The molecule has 0 fully saturated rings. The number of thioether (sulfide) groups is 1. The fraction of sp³-hybridized carbons (Fsp3) is 0.600. The highest BCUT2D eigenvalue weighted by Gasteiger charge is 2.30. The minimum Gasteiger partial charge on any atom is -0.480 e. The first-order chi connectivity index (χ1) is 17.1. The molecule has 4 atom stereocenters. The van der Waals surface area contributed by atoms with Crippen LogP contribution in [0.25, 0.3) is 0 Å². The standard InChI is InChI=1S/C25H41N5O5S/c1-16(2)21(27)24(33)30-20(15-17-9-5-4-6-10-17)23(32)28-18(12-14-36-3)22(31)29-19(25(34)35)11-7-8-13-26/h4-6,9-10,16,18-21H,7-8,11-15,26-27H2,1-3H3,(H,28,32)(H,29,31)(H,30,33)(H,34,35). The van der Waals surface area contributed by atoms with Gasteiger partial charge in [0.2, 0.25) is 17.7 Å². The van der Waals surface area contributed by atoms with Gasteiger partial charge in [-0.2, -0.15) is 11.8 Å². The van der Waals surface area contributed by atoms with Crippen molar-refractivity contribution in [3.05, 3.63) is 35.9 Å². The second-order valence-corrected chi connectivity index (χ2v) is 10.0. The van der Waals surface area contributed by atoms with Crippen molar-refractivity contribution >= 4 is 35.5 Å². The average Bonchev–Trinajstić information content (AvgIpc) is 2.85. The first-order valence-electron chi connectivity index (χ1n) is 12.2. The predicted octanol–water partition coefficient (Wildman–Crippen LogP) is 0.634. The Hall–Kier alpha value is -2.63. The number of unbranched alkanes of at least 4 members (excludes halogenated alkanes) is 1. The second kappa shape index (κ2) is 16.9. The Balaban J connectivity index is 3.04. The number of rotatable bonds is 17. The Labute approximate surface area is 217 Å². The Kier molecular flexibility index (Phi) is 14.8. The molecule has 1 rings (SSSR count). The van der Waals surface area contributed by atoms with Gasteiger partial charge < -0.3 is 32.5 Å². The van der Waals surface area contributed by atoms with Crippen LogP contribution in [0.5, 0.6) is 0 Å². The summed E-state index contributed by atoms with van der Waals surface area (Å²) in [4.78, 5) is 50.6. The third-order valence-electron chi connectivity index (χ3n) is 5.74. The second-order valence-electron chi connectivity index (χ2n) is 9.05. The predicted molar refractivity (Wildman–Crippen MR) is 142 cm³/mol. The van der Waals surface area contributed by atoms with Crippen LogP contribution in [0.3, 0.4) is 0 Å². The molecule has 0 spiro atoms. The number of carbonyl (C=O) groups excluding carboxylic acids is 3. The maximum atomic E-state index is 13.3. The summed E-state index contributed by atoms with van der Waals surface area (Å²) in [7, 11) is 0. The van der Waals surface area contributed by atoms with Gasteiger partial charge in [-0.25, -0.2) is 4.79 Å². The highest BCUT2D eigenvalue weighted by atomic mass is 32.2. The molecule has 3 amide bonds. The zero-order chi connectivity index (χ0) is 27.1. The van der Waals surface area contributed by atoms with Crippen molar-refractivity contribution in [2.75, 3.05) is 18.6 Å². The van der Waals surface area contributed by atoms with Crippen LogP contribution in [-0.4, -0.2) is 71.5 Å². The van der Waals surface area contributed by atoms with Crippen molar-refractivity contribution in [3.63, 3.8) is 0 Å². The lowest BCUT2D eigenvalue weighted by molar-refractivity contribution is -0.142. The van der Waals surface area contributed by atoms with Crippen molar-refractivity contribution in [1.82, 2.24) is 16.0 Å². The zero-order valence-corrected chi connectivity index (χ0v) is 22.2. The highest BCUT2D eigenvalue weighted by Crippen LogP contribution is 2.09. The molecule has 36 heavy (non-hydrogen) atoms. The van der Waals surface area contributed by atoms with Crippen LogP contribution >= 0.6 is 11.8 Å². The summed E-state index contributed by atoms with van der Waals surface area (Å²) in [6.07, 6.45) is 3.81. The quantitative estimate of drug-likeness (QED) is 0.161. The van der Waals surface area contributed by atoms with Gasteiger partial charge in [0.25, 0.3) is 0 Å². The van der Waals surface area contributed by atoms with Crippen molar-refractivity contribution < 1.29 is 24.3 Å². The van der Waals surface area contributed by atoms with Crippen LogP contribution < -0.4 is 27.4 Å². The zero-order valence-electron chi connectivity index (χ0n) is 21.4. The summed E-state index contributed by atoms with van der Waals surface area (Å²) in [5.74, 6) is -2.29. The molecule has 0 heterocycles. The minimum absolute atomic E-state index is 0.127. The number of carboxylic acid groups (broad SMARTS) is 1. The molecule has 0 aliphatic heterocycles. The molecule has 1 aromatic carbocycles. The van der Waals surface area contributed by atoms with Gasteiger partial charge >= 0.3 is 5.97 Å². The molecule has 0 radical (unpaired) electrons. The number of nitrogens with two attached hydrogens (primary N) is 2. The summed E-state index contributed by atoms with van der Waals surface area (Å²) in [5.41, 5.74) is 12.3. The highest BCUT2D eigenvalue weighted by molar-refractivity contribution is 7.98. The van der Waals surface area contributed by atoms with Crippen LogP contribution in [0.1, 0.15) is 45.1 Å². The summed E-state index contributed by atoms with van der Waals surface area (Å²) in [5, 5.41) is 17.5. The molecule has 202 valence electrons. The van der Waals surface area contributed by atoms with Gasteiger partial charge in [0.1, 0.15) is 18.1 Å². The Morgan fingerprint density at radius 2 is 1.47 bits per heavy atom. The van der Waals surface area contributed by atoms with Gasteiger partial charge in [-0.15, -0.1) is 0 Å². The number of carboxylic acids is 1. The number of benzene rings is 1. The fourth-order valence-corrected chi connectivity index (χ4v) is 3.90. The summed E-state index contributed by atoms with van der Waals surface area (Å²) >= 11 is 1.50. The summed E-state index contributed by atoms with van der Waals surface area (Å²) < 4.78 is 0. The molecule has 1 aromatic rings. The van der Waals surface area contributed by atoms with E-state index in [1.807, 2.05) is 50.4 Å². The molecule has 0 saturated carbocycles. The SMILES string of the molecule is CSCCC(NC(=O)C(Cc1ccccc1)NC(=O)C(N)C(C)C)C(=O)NC(CCCCN)C(=O)O. The van der Waals surface area contributed by atoms with E-state index in [0.29, 0.717) is 31.6 Å². The van der Waals surface area contributed by atoms with Crippen LogP contribution in [0.2, 0.25) is 0 Å². The van der Waals surface area contributed by atoms with E-state index in [-0.39, 0.29) is 18.8 Å². The molecular formula is C25H41N5O5S. The maximum Gasteiger partial charge on any atom is 0.326 e. The largest absolute Gasteiger partial charge is 0.480 e. The lowest BCUT2D eigenvalue weighted by Gasteiger charge is -2.26. The van der Waals surface area contributed by atoms with Gasteiger partial charge in [-0.05, 0) is 55.7 Å². The average molecular weight is 524 g/mol. The summed E-state index contributed by atoms with van der Waals surface area (Å²) in [6, 6.07) is 5.38. The molecule has 0 aliphatic rings. The van der Waals surface area contributed by atoms with Crippen LogP contribution in [0.4, 0.5) is 0 Å². The van der Waals surface area contributed by atoms with Crippen LogP contribution in [-0.2, 0) is 25.6 Å². The first-order valence-corrected chi connectivity index (χ1v) is 13.6. The lowest BCUT2D eigenvalue weighted by atomic mass is 10.0. The molecular weight excluding hydrogens is 482 g/mol. The summed E-state index contributed by atoms with van der Waals surface area (Å²) in [6.45, 7) is 4.05. The van der Waals surface area contributed by atoms with Gasteiger partial charge in [-0.3, -0.25) is 14.4 Å². The van der Waals surface area contributed by atoms with Crippen LogP contribution in [0, 0.1) is 5.92 Å². The van der Waals surface area contributed by atoms with Crippen molar-refractivity contribution in [2.45, 2.75) is 70.1 Å². The monoisotopic (exact) mass is 523 g/mol. The van der Waals surface area contributed by atoms with E-state index >= 15 is 0 Å². The van der Waals surface area contributed by atoms with Crippen molar-refractivity contribution in [3.8, 4) is 0 Å². The number of nitrogens with one attached hydrogen (secondary N) is 3. The van der Waals surface area contributed by atoms with E-state index in [0.717, 1.165) is 5.56 Å². The van der Waals surface area contributed by atoms with Gasteiger partial charge in [0, 0.05) is 6.42 Å². The molecule has 8 N–H and O–H groups in total. The Morgan fingerprint density at radius 1 is 0.889 bits per heavy atom. The number of amides is 3. The third-order valence-corrected chi connectivity index (χ3v) is 6.39. The molecule has 0 aliphatic carbocycles. The topological polar surface area (TPSA) is 177 Å². The van der Waals surface area contributed by atoms with Gasteiger partial charge in [-0.1, -0.05) is 44.2 Å². The van der Waals surface area contributed by atoms with Crippen LogP contribution in [0.15, 0.2) is 30.3 Å². The molecule has 4 unspecified atom stereocenters. The number of hydrogen-bond acceptors (Lipinski definition) is 7. The van der Waals surface area contributed by atoms with Gasteiger partial charge in [0.05, 0.1) is 6.04 Å². The Bertz CT molecular complexity index is 839. The van der Waals surface area contributed by atoms with E-state index in [9.17, 15) is 24.3 Å². The number of hydrogen-bond donors (Lipinski definition) is 6. The normalized spacial score (nSPS) is 14.4. The smallest absolute Gasteiger partial charge is 0.326 e. The molecule has 0 bridgehead atoms. The van der Waals surface area contributed by atoms with Gasteiger partial charge in [0.15, 0.2) is 0 Å². The first kappa shape index (κ1) is 31.4. The van der Waals surface area contributed by atoms with E-state index in [4.69, 9.17) is 11.5 Å². The van der Waals surface area contributed by atoms with E-state index < -0.39 is 47.9 Å². The minimum atomic E-state index is -1.15. The van der Waals surface area contributed by atoms with Crippen molar-refractivity contribution in [1.29, 1.82) is 0 Å². The van der Waals surface area contributed by atoms with E-state index in [1.165, 1.54) is 11.8 Å². The molecule has 11 heteroatoms. The number of aliphatic carboxylic acids is 1. The lowest BCUT2D eigenvalue weighted by Crippen LogP contribution is -2.58. The number of carbonyl (C=O) groups is 4. The fourth-order valence-electron chi connectivity index (χ4n) is 3.43. The maximum absolute atomic E-state index is 13.3. The molecule has 10 nitrogen and oxygen atoms in total. The Morgan fingerprint density at radius 3 is 2.03 bits per heavy atom. The van der Waals surface area contributed by atoms with E-state index in [1.54, 1.807) is 0 Å².